The standard InChI is InChI=1S/C7H8N2O2/c10-6-4-2-1-3-5(4)8-7(11)9-6/h1,3,7-8,11H,2H2,(H,9,10). The molecular formula is C7H8N2O2. The van der Waals surface area contributed by atoms with Gasteiger partial charge in [0.05, 0.1) is 0 Å². The van der Waals surface area contributed by atoms with Gasteiger partial charge in [-0.3, -0.25) is 4.79 Å². The second-order valence-electron chi connectivity index (χ2n) is 2.52. The molecule has 0 radical (unpaired) electrons. The summed E-state index contributed by atoms with van der Waals surface area (Å²) >= 11 is 0. The lowest BCUT2D eigenvalue weighted by Gasteiger charge is -2.22. The molecule has 1 amide bonds. The van der Waals surface area contributed by atoms with E-state index in [-0.39, 0.29) is 5.91 Å². The average molecular weight is 152 g/mol. The molecule has 1 aliphatic carbocycles. The molecule has 2 aliphatic rings. The third-order valence-electron chi connectivity index (χ3n) is 1.77. The number of carbonyl (C=O) groups excluding carboxylic acids is 1. The van der Waals surface area contributed by atoms with Crippen molar-refractivity contribution in [1.29, 1.82) is 0 Å². The van der Waals surface area contributed by atoms with E-state index >= 15 is 0 Å². The average Bonchev–Trinajstić information content (AvgIpc) is 2.34. The van der Waals surface area contributed by atoms with Gasteiger partial charge in [-0.25, -0.2) is 0 Å². The number of amides is 1. The lowest BCUT2D eigenvalue weighted by atomic mass is 10.2. The van der Waals surface area contributed by atoms with Gasteiger partial charge in [-0.1, -0.05) is 6.08 Å². The molecule has 4 heteroatoms. The van der Waals surface area contributed by atoms with E-state index in [1.807, 2.05) is 6.08 Å². The number of aliphatic hydroxyl groups is 1. The minimum atomic E-state index is -0.941. The Hall–Kier alpha value is -1.29. The number of hydrogen-bond donors (Lipinski definition) is 3. The quantitative estimate of drug-likeness (QED) is 0.425. The summed E-state index contributed by atoms with van der Waals surface area (Å²) in [6.07, 6.45) is 3.40. The van der Waals surface area contributed by atoms with Gasteiger partial charge in [0, 0.05) is 11.3 Å². The van der Waals surface area contributed by atoms with Crippen LogP contribution in [0, 0.1) is 0 Å². The van der Waals surface area contributed by atoms with E-state index in [0.717, 1.165) is 5.70 Å². The van der Waals surface area contributed by atoms with Crippen LogP contribution in [0.15, 0.2) is 23.4 Å². The Balaban J connectivity index is 2.33. The fourth-order valence-electron chi connectivity index (χ4n) is 1.25. The van der Waals surface area contributed by atoms with E-state index in [1.165, 1.54) is 0 Å². The summed E-state index contributed by atoms with van der Waals surface area (Å²) in [4.78, 5) is 11.1. The highest BCUT2D eigenvalue weighted by Crippen LogP contribution is 2.19. The van der Waals surface area contributed by atoms with Gasteiger partial charge in [0.1, 0.15) is 0 Å². The molecule has 0 fully saturated rings. The Kier molecular flexibility index (Phi) is 1.22. The minimum Gasteiger partial charge on any atom is -0.356 e. The molecule has 0 spiro atoms. The lowest BCUT2D eigenvalue weighted by molar-refractivity contribution is -0.121. The third-order valence-corrected chi connectivity index (χ3v) is 1.77. The van der Waals surface area contributed by atoms with E-state index in [9.17, 15) is 4.79 Å². The number of hydrogen-bond acceptors (Lipinski definition) is 3. The van der Waals surface area contributed by atoms with Crippen molar-refractivity contribution in [3.63, 3.8) is 0 Å². The molecule has 0 saturated heterocycles. The molecule has 1 atom stereocenters. The predicted octanol–water partition coefficient (Wildman–Crippen LogP) is -0.804. The first-order valence-electron chi connectivity index (χ1n) is 3.42. The molecule has 0 bridgehead atoms. The zero-order valence-corrected chi connectivity index (χ0v) is 5.79. The summed E-state index contributed by atoms with van der Waals surface area (Å²) in [5.41, 5.74) is 1.44. The number of carbonyl (C=O) groups is 1. The summed E-state index contributed by atoms with van der Waals surface area (Å²) in [7, 11) is 0. The maximum absolute atomic E-state index is 11.1. The molecule has 3 N–H and O–H groups in total. The minimum absolute atomic E-state index is 0.184. The largest absolute Gasteiger partial charge is 0.356 e. The van der Waals surface area contributed by atoms with Gasteiger partial charge in [-0.15, -0.1) is 0 Å². The van der Waals surface area contributed by atoms with Gasteiger partial charge in [-0.05, 0) is 12.5 Å². The number of aliphatic hydroxyl groups excluding tert-OH is 1. The molecule has 1 aliphatic heterocycles. The van der Waals surface area contributed by atoms with Gasteiger partial charge < -0.3 is 15.7 Å². The molecule has 0 aromatic carbocycles. The highest BCUT2D eigenvalue weighted by atomic mass is 16.3. The van der Waals surface area contributed by atoms with Crippen LogP contribution in [-0.2, 0) is 4.79 Å². The van der Waals surface area contributed by atoms with Crippen LogP contribution in [0.1, 0.15) is 6.42 Å². The van der Waals surface area contributed by atoms with Gasteiger partial charge in [0.15, 0.2) is 0 Å². The van der Waals surface area contributed by atoms with Crippen LogP contribution >= 0.6 is 0 Å². The zero-order valence-electron chi connectivity index (χ0n) is 5.79. The normalized spacial score (nSPS) is 28.1. The van der Waals surface area contributed by atoms with Crippen LogP contribution in [0.25, 0.3) is 0 Å². The SMILES string of the molecule is O=C1NC(O)NC2=C1CC=C2. The maximum atomic E-state index is 11.1. The Morgan fingerprint density at radius 2 is 2.36 bits per heavy atom. The molecule has 58 valence electrons. The first kappa shape index (κ1) is 6.42. The van der Waals surface area contributed by atoms with Gasteiger partial charge in [0.2, 0.25) is 6.35 Å². The molecule has 0 aromatic rings. The van der Waals surface area contributed by atoms with Crippen molar-refractivity contribution in [3.8, 4) is 0 Å². The lowest BCUT2D eigenvalue weighted by Crippen LogP contribution is -2.49. The Bertz CT molecular complexity index is 268. The maximum Gasteiger partial charge on any atom is 0.253 e. The third kappa shape index (κ3) is 0.914. The van der Waals surface area contributed by atoms with Crippen LogP contribution < -0.4 is 10.6 Å². The Morgan fingerprint density at radius 1 is 1.55 bits per heavy atom. The fourth-order valence-corrected chi connectivity index (χ4v) is 1.25. The number of nitrogens with one attached hydrogen (secondary N) is 2. The highest BCUT2D eigenvalue weighted by molar-refractivity contribution is 5.96. The summed E-state index contributed by atoms with van der Waals surface area (Å²) in [6, 6.07) is 0. The van der Waals surface area contributed by atoms with Crippen molar-refractivity contribution >= 4 is 5.91 Å². The summed E-state index contributed by atoms with van der Waals surface area (Å²) < 4.78 is 0. The highest BCUT2D eigenvalue weighted by Gasteiger charge is 2.24. The van der Waals surface area contributed by atoms with Gasteiger partial charge >= 0.3 is 0 Å². The van der Waals surface area contributed by atoms with E-state index in [0.29, 0.717) is 12.0 Å². The van der Waals surface area contributed by atoms with Gasteiger partial charge in [-0.2, -0.15) is 0 Å². The van der Waals surface area contributed by atoms with Crippen molar-refractivity contribution in [2.24, 2.45) is 0 Å². The first-order valence-corrected chi connectivity index (χ1v) is 3.42. The van der Waals surface area contributed by atoms with E-state index < -0.39 is 6.35 Å². The fraction of sp³-hybridized carbons (Fsp3) is 0.286. The molecule has 1 heterocycles. The Labute approximate surface area is 63.6 Å². The number of rotatable bonds is 0. The van der Waals surface area contributed by atoms with Crippen LogP contribution in [0.5, 0.6) is 0 Å². The van der Waals surface area contributed by atoms with Crippen molar-refractivity contribution in [2.75, 3.05) is 0 Å². The second kappa shape index (κ2) is 2.10. The van der Waals surface area contributed by atoms with Crippen molar-refractivity contribution < 1.29 is 9.90 Å². The first-order chi connectivity index (χ1) is 5.27. The Morgan fingerprint density at radius 3 is 3.18 bits per heavy atom. The van der Waals surface area contributed by atoms with Gasteiger partial charge in [0.25, 0.3) is 5.91 Å². The van der Waals surface area contributed by atoms with Crippen molar-refractivity contribution in [2.45, 2.75) is 12.8 Å². The monoisotopic (exact) mass is 152 g/mol. The van der Waals surface area contributed by atoms with Crippen LogP contribution in [0.3, 0.4) is 0 Å². The van der Waals surface area contributed by atoms with Crippen LogP contribution in [0.2, 0.25) is 0 Å². The van der Waals surface area contributed by atoms with Crippen LogP contribution in [-0.4, -0.2) is 17.4 Å². The smallest absolute Gasteiger partial charge is 0.253 e. The zero-order chi connectivity index (χ0) is 7.84. The van der Waals surface area contributed by atoms with E-state index in [4.69, 9.17) is 5.11 Å². The van der Waals surface area contributed by atoms with Crippen molar-refractivity contribution in [3.05, 3.63) is 23.4 Å². The van der Waals surface area contributed by atoms with Crippen LogP contribution in [0.4, 0.5) is 0 Å². The van der Waals surface area contributed by atoms with E-state index in [2.05, 4.69) is 10.6 Å². The molecule has 0 aromatic heterocycles. The predicted molar refractivity (Wildman–Crippen MR) is 38.1 cm³/mol. The molecular weight excluding hydrogens is 144 g/mol. The summed E-state index contributed by atoms with van der Waals surface area (Å²) in [5, 5.41) is 14.1. The molecule has 2 rings (SSSR count). The summed E-state index contributed by atoms with van der Waals surface area (Å²) in [6.45, 7) is 0. The molecule has 11 heavy (non-hydrogen) atoms. The van der Waals surface area contributed by atoms with E-state index in [1.54, 1.807) is 6.08 Å². The van der Waals surface area contributed by atoms with Crippen molar-refractivity contribution in [1.82, 2.24) is 10.6 Å². The molecule has 1 unspecified atom stereocenters. The number of allylic oxidation sites excluding steroid dienone is 2. The summed E-state index contributed by atoms with van der Waals surface area (Å²) in [5.74, 6) is -0.184. The molecule has 4 nitrogen and oxygen atoms in total. The topological polar surface area (TPSA) is 61.4 Å². The second-order valence-corrected chi connectivity index (χ2v) is 2.52. The molecule has 0 saturated carbocycles.